The Labute approximate surface area is 98.8 Å². The van der Waals surface area contributed by atoms with E-state index in [1.165, 1.54) is 0 Å². The summed E-state index contributed by atoms with van der Waals surface area (Å²) in [7, 11) is 0. The molecule has 92 valence electrons. The summed E-state index contributed by atoms with van der Waals surface area (Å²) in [5, 5.41) is 12.6. The van der Waals surface area contributed by atoms with Crippen LogP contribution >= 0.6 is 0 Å². The molecule has 1 fully saturated rings. The number of carboxylic acids is 1. The van der Waals surface area contributed by atoms with Crippen molar-refractivity contribution in [1.29, 1.82) is 0 Å². The molecule has 6 nitrogen and oxygen atoms in total. The van der Waals surface area contributed by atoms with Crippen LogP contribution < -0.4 is 0 Å². The van der Waals surface area contributed by atoms with E-state index in [0.717, 1.165) is 0 Å². The van der Waals surface area contributed by atoms with Crippen LogP contribution in [0.1, 0.15) is 12.8 Å². The summed E-state index contributed by atoms with van der Waals surface area (Å²) in [4.78, 5) is 23.8. The molecule has 2 heterocycles. The molecule has 0 atom stereocenters. The van der Waals surface area contributed by atoms with Gasteiger partial charge in [0.2, 0.25) is 5.91 Å². The van der Waals surface area contributed by atoms with E-state index in [4.69, 9.17) is 5.11 Å². The topological polar surface area (TPSA) is 75.4 Å². The van der Waals surface area contributed by atoms with Crippen LogP contribution in [0.5, 0.6) is 0 Å². The molecule has 0 saturated carbocycles. The van der Waals surface area contributed by atoms with Gasteiger partial charge in [-0.25, -0.2) is 0 Å². The monoisotopic (exact) mass is 237 g/mol. The average Bonchev–Trinajstić information content (AvgIpc) is 2.71. The molecule has 0 aliphatic carbocycles. The Morgan fingerprint density at radius 2 is 2.18 bits per heavy atom. The summed E-state index contributed by atoms with van der Waals surface area (Å²) in [6, 6.07) is 1.82. The second-order valence-corrected chi connectivity index (χ2v) is 4.28. The van der Waals surface area contributed by atoms with E-state index in [0.29, 0.717) is 26.1 Å². The van der Waals surface area contributed by atoms with Crippen molar-refractivity contribution in [3.05, 3.63) is 18.5 Å². The van der Waals surface area contributed by atoms with E-state index in [1.54, 1.807) is 15.8 Å². The lowest BCUT2D eigenvalue weighted by atomic mass is 9.96. The highest BCUT2D eigenvalue weighted by Gasteiger charge is 2.31. The van der Waals surface area contributed by atoms with Crippen molar-refractivity contribution < 1.29 is 14.7 Å². The number of amides is 1. The first-order valence-corrected chi connectivity index (χ1v) is 5.62. The van der Waals surface area contributed by atoms with Gasteiger partial charge in [-0.1, -0.05) is 0 Å². The summed E-state index contributed by atoms with van der Waals surface area (Å²) < 4.78 is 1.71. The highest BCUT2D eigenvalue weighted by atomic mass is 16.4. The van der Waals surface area contributed by atoms with E-state index >= 15 is 0 Å². The van der Waals surface area contributed by atoms with Gasteiger partial charge in [-0.05, 0) is 6.07 Å². The number of aliphatic carboxylic acids is 1. The van der Waals surface area contributed by atoms with Crippen molar-refractivity contribution in [2.45, 2.75) is 19.4 Å². The maximum Gasteiger partial charge on any atom is 0.303 e. The van der Waals surface area contributed by atoms with Crippen LogP contribution in [0, 0.1) is 5.92 Å². The van der Waals surface area contributed by atoms with Crippen molar-refractivity contribution in [3.63, 3.8) is 0 Å². The van der Waals surface area contributed by atoms with E-state index in [-0.39, 0.29) is 18.2 Å². The Morgan fingerprint density at radius 3 is 2.76 bits per heavy atom. The van der Waals surface area contributed by atoms with Crippen LogP contribution in [0.3, 0.4) is 0 Å². The Morgan fingerprint density at radius 1 is 1.41 bits per heavy atom. The predicted octanol–water partition coefficient (Wildman–Crippen LogP) is 0.206. The molecule has 1 aliphatic heterocycles. The Bertz CT molecular complexity index is 396. The molecule has 6 heteroatoms. The number of rotatable bonds is 5. The lowest BCUT2D eigenvalue weighted by Gasteiger charge is -2.38. The molecule has 2 rings (SSSR count). The zero-order chi connectivity index (χ0) is 12.3. The molecule has 1 aromatic heterocycles. The molecular formula is C11H15N3O3. The second kappa shape index (κ2) is 4.99. The Balaban J connectivity index is 1.67. The molecule has 1 aliphatic rings. The van der Waals surface area contributed by atoms with Gasteiger partial charge in [0.25, 0.3) is 0 Å². The summed E-state index contributed by atoms with van der Waals surface area (Å²) in [5.74, 6) is -0.595. The van der Waals surface area contributed by atoms with Crippen LogP contribution in [0.15, 0.2) is 18.5 Å². The number of carboxylic acid groups (broad SMARTS) is 1. The van der Waals surface area contributed by atoms with Crippen LogP contribution in [-0.2, 0) is 16.1 Å². The lowest BCUT2D eigenvalue weighted by Crippen LogP contribution is -2.50. The maximum atomic E-state index is 11.7. The van der Waals surface area contributed by atoms with Crippen molar-refractivity contribution in [1.82, 2.24) is 14.7 Å². The summed E-state index contributed by atoms with van der Waals surface area (Å²) in [6.45, 7) is 1.72. The molecule has 17 heavy (non-hydrogen) atoms. The minimum Gasteiger partial charge on any atom is -0.481 e. The standard InChI is InChI=1S/C11H15N3O3/c15-10(2-5-14-4-1-3-12-14)13-7-9(8-13)6-11(16)17/h1,3-4,9H,2,5-8H2,(H,16,17). The van der Waals surface area contributed by atoms with Gasteiger partial charge in [-0.2, -0.15) is 5.10 Å². The number of aryl methyl sites for hydroxylation is 1. The quantitative estimate of drug-likeness (QED) is 0.794. The van der Waals surface area contributed by atoms with Gasteiger partial charge >= 0.3 is 5.97 Å². The minimum atomic E-state index is -0.793. The fraction of sp³-hybridized carbons (Fsp3) is 0.545. The molecule has 0 radical (unpaired) electrons. The molecule has 1 N–H and O–H groups in total. The van der Waals surface area contributed by atoms with E-state index in [1.807, 2.05) is 12.3 Å². The molecule has 0 spiro atoms. The zero-order valence-electron chi connectivity index (χ0n) is 9.45. The summed E-state index contributed by atoms with van der Waals surface area (Å²) >= 11 is 0. The molecule has 1 amide bonds. The molecule has 0 aromatic carbocycles. The third-order valence-electron chi connectivity index (χ3n) is 2.89. The molecule has 0 unspecified atom stereocenters. The first kappa shape index (κ1) is 11.6. The number of carbonyl (C=O) groups excluding carboxylic acids is 1. The van der Waals surface area contributed by atoms with Crippen molar-refractivity contribution in [3.8, 4) is 0 Å². The molecule has 0 bridgehead atoms. The fourth-order valence-electron chi connectivity index (χ4n) is 1.95. The second-order valence-electron chi connectivity index (χ2n) is 4.28. The molecular weight excluding hydrogens is 222 g/mol. The van der Waals surface area contributed by atoms with Gasteiger partial charge in [0.05, 0.1) is 6.42 Å². The average molecular weight is 237 g/mol. The number of hydrogen-bond acceptors (Lipinski definition) is 3. The van der Waals surface area contributed by atoms with Crippen molar-refractivity contribution >= 4 is 11.9 Å². The van der Waals surface area contributed by atoms with Gasteiger partial charge < -0.3 is 10.0 Å². The number of aromatic nitrogens is 2. The van der Waals surface area contributed by atoms with E-state index in [2.05, 4.69) is 5.10 Å². The van der Waals surface area contributed by atoms with Gasteiger partial charge in [0, 0.05) is 44.4 Å². The van der Waals surface area contributed by atoms with Crippen molar-refractivity contribution in [2.75, 3.05) is 13.1 Å². The number of hydrogen-bond donors (Lipinski definition) is 1. The lowest BCUT2D eigenvalue weighted by molar-refractivity contribution is -0.145. The van der Waals surface area contributed by atoms with E-state index < -0.39 is 5.97 Å². The number of nitrogens with zero attached hydrogens (tertiary/aromatic N) is 3. The smallest absolute Gasteiger partial charge is 0.303 e. The normalized spacial score (nSPS) is 15.6. The van der Waals surface area contributed by atoms with Crippen LogP contribution in [-0.4, -0.2) is 44.8 Å². The molecule has 1 aromatic rings. The molecule has 1 saturated heterocycles. The fourth-order valence-corrected chi connectivity index (χ4v) is 1.95. The van der Waals surface area contributed by atoms with Crippen molar-refractivity contribution in [2.24, 2.45) is 5.92 Å². The summed E-state index contributed by atoms with van der Waals surface area (Å²) in [6.07, 6.45) is 4.07. The zero-order valence-corrected chi connectivity index (χ0v) is 9.45. The van der Waals surface area contributed by atoms with Gasteiger partial charge in [-0.15, -0.1) is 0 Å². The van der Waals surface area contributed by atoms with Gasteiger partial charge in [0.15, 0.2) is 0 Å². The first-order chi connectivity index (χ1) is 8.15. The highest BCUT2D eigenvalue weighted by Crippen LogP contribution is 2.19. The Kier molecular flexibility index (Phi) is 3.41. The summed E-state index contributed by atoms with van der Waals surface area (Å²) in [5.41, 5.74) is 0. The van der Waals surface area contributed by atoms with Crippen LogP contribution in [0.25, 0.3) is 0 Å². The van der Waals surface area contributed by atoms with Gasteiger partial charge in [0.1, 0.15) is 0 Å². The minimum absolute atomic E-state index is 0.0714. The number of carbonyl (C=O) groups is 2. The largest absolute Gasteiger partial charge is 0.481 e. The third kappa shape index (κ3) is 3.05. The predicted molar refractivity (Wildman–Crippen MR) is 59.2 cm³/mol. The SMILES string of the molecule is O=C(O)CC1CN(C(=O)CCn2cccn2)C1. The van der Waals surface area contributed by atoms with Gasteiger partial charge in [-0.3, -0.25) is 14.3 Å². The maximum absolute atomic E-state index is 11.7. The highest BCUT2D eigenvalue weighted by molar-refractivity contribution is 5.77. The van der Waals surface area contributed by atoms with Crippen LogP contribution in [0.4, 0.5) is 0 Å². The third-order valence-corrected chi connectivity index (χ3v) is 2.89. The van der Waals surface area contributed by atoms with Crippen LogP contribution in [0.2, 0.25) is 0 Å². The van der Waals surface area contributed by atoms with E-state index in [9.17, 15) is 9.59 Å². The number of likely N-dealkylation sites (tertiary alicyclic amines) is 1. The first-order valence-electron chi connectivity index (χ1n) is 5.62. The Hall–Kier alpha value is -1.85.